The van der Waals surface area contributed by atoms with Gasteiger partial charge in [-0.2, -0.15) is 0 Å². The minimum atomic E-state index is 0.270. The van der Waals surface area contributed by atoms with E-state index in [1.54, 1.807) is 0 Å². The van der Waals surface area contributed by atoms with Gasteiger partial charge in [0.1, 0.15) is 0 Å². The number of carbonyl (C=O) groups excluding carboxylic acids is 1. The Morgan fingerprint density at radius 2 is 2.08 bits per heavy atom. The molecular formula is C19H28N4O. The second-order valence-electron chi connectivity index (χ2n) is 6.78. The SMILES string of the molecule is CCNC(=NC[C@@H]1CC(=O)N(CCc2ccccc2)C1)NC1CC1. The number of hydrogen-bond acceptors (Lipinski definition) is 2. The Labute approximate surface area is 144 Å². The van der Waals surface area contributed by atoms with Gasteiger partial charge in [-0.1, -0.05) is 30.3 Å². The van der Waals surface area contributed by atoms with Crippen LogP contribution in [-0.4, -0.2) is 49.0 Å². The Kier molecular flexibility index (Phi) is 5.72. The van der Waals surface area contributed by atoms with Gasteiger partial charge in [0.05, 0.1) is 0 Å². The molecule has 5 heteroatoms. The number of benzene rings is 1. The van der Waals surface area contributed by atoms with Crippen molar-refractivity contribution < 1.29 is 4.79 Å². The average Bonchev–Trinajstić information content (AvgIpc) is 3.34. The molecule has 1 aliphatic carbocycles. The predicted molar refractivity (Wildman–Crippen MR) is 97.0 cm³/mol. The van der Waals surface area contributed by atoms with E-state index in [0.29, 0.717) is 18.4 Å². The van der Waals surface area contributed by atoms with Gasteiger partial charge in [0.2, 0.25) is 5.91 Å². The maximum Gasteiger partial charge on any atom is 0.223 e. The van der Waals surface area contributed by atoms with Gasteiger partial charge in [-0.15, -0.1) is 0 Å². The van der Waals surface area contributed by atoms with E-state index in [4.69, 9.17) is 0 Å². The van der Waals surface area contributed by atoms with Gasteiger partial charge in [0, 0.05) is 44.6 Å². The zero-order valence-corrected chi connectivity index (χ0v) is 14.5. The summed E-state index contributed by atoms with van der Waals surface area (Å²) < 4.78 is 0. The van der Waals surface area contributed by atoms with Crippen molar-refractivity contribution in [3.63, 3.8) is 0 Å². The van der Waals surface area contributed by atoms with E-state index in [-0.39, 0.29) is 5.91 Å². The smallest absolute Gasteiger partial charge is 0.223 e. The van der Waals surface area contributed by atoms with Crippen LogP contribution in [0.25, 0.3) is 0 Å². The van der Waals surface area contributed by atoms with Crippen molar-refractivity contribution in [3.8, 4) is 0 Å². The molecule has 3 rings (SSSR count). The lowest BCUT2D eigenvalue weighted by Gasteiger charge is -2.16. The molecule has 0 bridgehead atoms. The van der Waals surface area contributed by atoms with Crippen LogP contribution in [-0.2, 0) is 11.2 Å². The van der Waals surface area contributed by atoms with Crippen molar-refractivity contribution in [2.24, 2.45) is 10.9 Å². The van der Waals surface area contributed by atoms with E-state index in [1.165, 1.54) is 18.4 Å². The maximum atomic E-state index is 12.2. The molecule has 1 aromatic carbocycles. The molecule has 24 heavy (non-hydrogen) atoms. The lowest BCUT2D eigenvalue weighted by Crippen LogP contribution is -2.39. The summed E-state index contributed by atoms with van der Waals surface area (Å²) in [5.74, 6) is 1.50. The monoisotopic (exact) mass is 328 g/mol. The third kappa shape index (κ3) is 4.98. The van der Waals surface area contributed by atoms with Crippen molar-refractivity contribution in [3.05, 3.63) is 35.9 Å². The number of nitrogens with zero attached hydrogens (tertiary/aromatic N) is 2. The summed E-state index contributed by atoms with van der Waals surface area (Å²) in [4.78, 5) is 18.9. The Morgan fingerprint density at radius 1 is 1.29 bits per heavy atom. The van der Waals surface area contributed by atoms with E-state index in [2.05, 4.69) is 34.7 Å². The number of aliphatic imine (C=N–C) groups is 1. The van der Waals surface area contributed by atoms with Gasteiger partial charge in [0.25, 0.3) is 0 Å². The zero-order valence-electron chi connectivity index (χ0n) is 14.5. The molecule has 1 heterocycles. The molecule has 2 aliphatic rings. The van der Waals surface area contributed by atoms with Crippen LogP contribution >= 0.6 is 0 Å². The summed E-state index contributed by atoms with van der Waals surface area (Å²) in [7, 11) is 0. The molecule has 1 saturated heterocycles. The molecule has 1 amide bonds. The molecule has 0 spiro atoms. The van der Waals surface area contributed by atoms with Gasteiger partial charge in [-0.05, 0) is 31.7 Å². The Balaban J connectivity index is 1.46. The first-order chi connectivity index (χ1) is 11.7. The molecule has 1 aliphatic heterocycles. The van der Waals surface area contributed by atoms with Crippen molar-refractivity contribution in [2.45, 2.75) is 38.6 Å². The molecule has 2 fully saturated rings. The third-order valence-corrected chi connectivity index (χ3v) is 4.58. The van der Waals surface area contributed by atoms with Gasteiger partial charge < -0.3 is 15.5 Å². The van der Waals surface area contributed by atoms with Gasteiger partial charge in [-0.25, -0.2) is 0 Å². The normalized spacial score (nSPS) is 21.2. The standard InChI is InChI=1S/C19H28N4O/c1-2-20-19(22-17-8-9-17)21-13-16-12-18(24)23(14-16)11-10-15-6-4-3-5-7-15/h3-7,16-17H,2,8-14H2,1H3,(H2,20,21,22)/t16-/m0/s1. The van der Waals surface area contributed by atoms with E-state index in [0.717, 1.165) is 38.6 Å². The summed E-state index contributed by atoms with van der Waals surface area (Å²) in [6.45, 7) is 5.30. The highest BCUT2D eigenvalue weighted by atomic mass is 16.2. The fraction of sp³-hybridized carbons (Fsp3) is 0.579. The number of nitrogens with one attached hydrogen (secondary N) is 2. The number of hydrogen-bond donors (Lipinski definition) is 2. The Hall–Kier alpha value is -2.04. The molecule has 130 valence electrons. The van der Waals surface area contributed by atoms with Crippen molar-refractivity contribution in [2.75, 3.05) is 26.2 Å². The van der Waals surface area contributed by atoms with Crippen molar-refractivity contribution in [1.29, 1.82) is 0 Å². The van der Waals surface area contributed by atoms with Crippen LogP contribution in [0.15, 0.2) is 35.3 Å². The van der Waals surface area contributed by atoms with Gasteiger partial charge >= 0.3 is 0 Å². The number of amides is 1. The maximum absolute atomic E-state index is 12.2. The molecule has 0 aromatic heterocycles. The fourth-order valence-electron chi connectivity index (χ4n) is 3.06. The minimum absolute atomic E-state index is 0.270. The van der Waals surface area contributed by atoms with Crippen molar-refractivity contribution in [1.82, 2.24) is 15.5 Å². The first-order valence-corrected chi connectivity index (χ1v) is 9.11. The number of carbonyl (C=O) groups is 1. The summed E-state index contributed by atoms with van der Waals surface area (Å²) >= 11 is 0. The van der Waals surface area contributed by atoms with Crippen LogP contribution in [0.4, 0.5) is 0 Å². The third-order valence-electron chi connectivity index (χ3n) is 4.58. The molecular weight excluding hydrogens is 300 g/mol. The highest BCUT2D eigenvalue weighted by Gasteiger charge is 2.29. The minimum Gasteiger partial charge on any atom is -0.357 e. The molecule has 1 atom stereocenters. The van der Waals surface area contributed by atoms with Crippen LogP contribution in [0.5, 0.6) is 0 Å². The van der Waals surface area contributed by atoms with Gasteiger partial charge in [0.15, 0.2) is 5.96 Å². The average molecular weight is 328 g/mol. The predicted octanol–water partition coefficient (Wildman–Crippen LogP) is 1.80. The Bertz CT molecular complexity index is 568. The molecule has 1 aromatic rings. The van der Waals surface area contributed by atoms with Crippen LogP contribution < -0.4 is 10.6 Å². The van der Waals surface area contributed by atoms with Crippen LogP contribution in [0.1, 0.15) is 31.7 Å². The topological polar surface area (TPSA) is 56.7 Å². The second kappa shape index (κ2) is 8.18. The highest BCUT2D eigenvalue weighted by Crippen LogP contribution is 2.20. The fourth-order valence-corrected chi connectivity index (χ4v) is 3.06. The molecule has 5 nitrogen and oxygen atoms in total. The lowest BCUT2D eigenvalue weighted by atomic mass is 10.1. The first kappa shape index (κ1) is 16.8. The van der Waals surface area contributed by atoms with Crippen LogP contribution in [0.2, 0.25) is 0 Å². The summed E-state index contributed by atoms with van der Waals surface area (Å²) in [5.41, 5.74) is 1.29. The van der Waals surface area contributed by atoms with E-state index < -0.39 is 0 Å². The lowest BCUT2D eigenvalue weighted by molar-refractivity contribution is -0.127. The summed E-state index contributed by atoms with van der Waals surface area (Å²) in [6.07, 6.45) is 4.02. The summed E-state index contributed by atoms with van der Waals surface area (Å²) in [6, 6.07) is 11.0. The van der Waals surface area contributed by atoms with Gasteiger partial charge in [-0.3, -0.25) is 9.79 Å². The number of likely N-dealkylation sites (tertiary alicyclic amines) is 1. The molecule has 0 radical (unpaired) electrons. The second-order valence-corrected chi connectivity index (χ2v) is 6.78. The molecule has 1 saturated carbocycles. The first-order valence-electron chi connectivity index (χ1n) is 9.11. The Morgan fingerprint density at radius 3 is 2.79 bits per heavy atom. The number of guanidine groups is 1. The number of rotatable bonds is 7. The summed E-state index contributed by atoms with van der Waals surface area (Å²) in [5, 5.41) is 6.71. The van der Waals surface area contributed by atoms with E-state index in [9.17, 15) is 4.79 Å². The van der Waals surface area contributed by atoms with Crippen LogP contribution in [0, 0.1) is 5.92 Å². The quantitative estimate of drug-likeness (QED) is 0.593. The van der Waals surface area contributed by atoms with Crippen molar-refractivity contribution >= 4 is 11.9 Å². The zero-order chi connectivity index (χ0) is 16.8. The van der Waals surface area contributed by atoms with E-state index >= 15 is 0 Å². The van der Waals surface area contributed by atoms with Crippen LogP contribution in [0.3, 0.4) is 0 Å². The molecule has 2 N–H and O–H groups in total. The molecule has 0 unspecified atom stereocenters. The largest absolute Gasteiger partial charge is 0.357 e. The highest BCUT2D eigenvalue weighted by molar-refractivity contribution is 5.81. The van der Waals surface area contributed by atoms with E-state index in [1.807, 2.05) is 23.1 Å².